The van der Waals surface area contributed by atoms with Gasteiger partial charge in [0.2, 0.25) is 11.8 Å². The first kappa shape index (κ1) is 20.5. The largest absolute Gasteiger partial charge is 0.439 e. The fourth-order valence-corrected chi connectivity index (χ4v) is 3.69. The van der Waals surface area contributed by atoms with Gasteiger partial charge in [0.1, 0.15) is 5.75 Å². The zero-order chi connectivity index (χ0) is 21.7. The summed E-state index contributed by atoms with van der Waals surface area (Å²) in [5, 5.41) is 9.20. The van der Waals surface area contributed by atoms with Gasteiger partial charge in [-0.05, 0) is 36.4 Å². The van der Waals surface area contributed by atoms with Crippen molar-refractivity contribution in [3.63, 3.8) is 0 Å². The summed E-state index contributed by atoms with van der Waals surface area (Å²) >= 11 is 0. The number of nitrogens with one attached hydrogen (secondary N) is 1. The van der Waals surface area contributed by atoms with Gasteiger partial charge in [-0.25, -0.2) is 18.1 Å². The van der Waals surface area contributed by atoms with Crippen molar-refractivity contribution < 1.29 is 18.3 Å². The van der Waals surface area contributed by atoms with Crippen molar-refractivity contribution in [2.45, 2.75) is 11.5 Å². The first-order valence-electron chi connectivity index (χ1n) is 9.29. The molecule has 0 radical (unpaired) electrons. The van der Waals surface area contributed by atoms with Crippen LogP contribution in [0.2, 0.25) is 0 Å². The molecule has 156 valence electrons. The molecule has 0 unspecified atom stereocenters. The number of sulfonamides is 1. The van der Waals surface area contributed by atoms with Crippen molar-refractivity contribution in [2.24, 2.45) is 0 Å². The number of rotatable bonds is 7. The van der Waals surface area contributed by atoms with E-state index in [0.717, 1.165) is 0 Å². The molecule has 8 nitrogen and oxygen atoms in total. The number of hydrogen-bond donors (Lipinski definition) is 2. The van der Waals surface area contributed by atoms with Gasteiger partial charge in [-0.1, -0.05) is 36.4 Å². The zero-order valence-electron chi connectivity index (χ0n) is 16.2. The van der Waals surface area contributed by atoms with E-state index >= 15 is 0 Å². The van der Waals surface area contributed by atoms with Crippen LogP contribution in [0, 0.1) is 0 Å². The Morgan fingerprint density at radius 3 is 2.26 bits per heavy atom. The minimum absolute atomic E-state index is 0.0866. The summed E-state index contributed by atoms with van der Waals surface area (Å²) in [5.74, 6) is 0.560. The van der Waals surface area contributed by atoms with Crippen LogP contribution < -0.4 is 9.46 Å². The topological polar surface area (TPSA) is 114 Å². The van der Waals surface area contributed by atoms with E-state index in [1.807, 2.05) is 18.2 Å². The molecule has 0 amide bonds. The van der Waals surface area contributed by atoms with Crippen molar-refractivity contribution >= 4 is 16.0 Å². The van der Waals surface area contributed by atoms with E-state index in [9.17, 15) is 13.5 Å². The van der Waals surface area contributed by atoms with Crippen molar-refractivity contribution in [2.75, 3.05) is 4.72 Å². The number of aromatic nitrogens is 3. The average molecular weight is 434 g/mol. The number of hydrogen-bond acceptors (Lipinski definition) is 7. The van der Waals surface area contributed by atoms with E-state index in [4.69, 9.17) is 4.74 Å². The molecule has 0 saturated carbocycles. The second-order valence-electron chi connectivity index (χ2n) is 6.45. The number of aliphatic hydroxyl groups excluding tert-OH is 1. The quantitative estimate of drug-likeness (QED) is 0.456. The van der Waals surface area contributed by atoms with Gasteiger partial charge in [0.05, 0.1) is 22.9 Å². The average Bonchev–Trinajstić information content (AvgIpc) is 2.80. The normalized spacial score (nSPS) is 11.1. The first-order chi connectivity index (χ1) is 15.0. The Morgan fingerprint density at radius 1 is 0.903 bits per heavy atom. The lowest BCUT2D eigenvalue weighted by Gasteiger charge is -2.11. The number of ether oxygens (including phenoxy) is 1. The lowest BCUT2D eigenvalue weighted by atomic mass is 10.2. The van der Waals surface area contributed by atoms with Crippen LogP contribution in [0.15, 0.2) is 90.0 Å². The predicted molar refractivity (Wildman–Crippen MR) is 115 cm³/mol. The Hall–Kier alpha value is -3.82. The summed E-state index contributed by atoms with van der Waals surface area (Å²) in [5.41, 5.74) is 1.52. The van der Waals surface area contributed by atoms with E-state index in [0.29, 0.717) is 22.7 Å². The highest BCUT2D eigenvalue weighted by Gasteiger charge is 2.17. The molecule has 9 heteroatoms. The predicted octanol–water partition coefficient (Wildman–Crippen LogP) is 3.62. The van der Waals surface area contributed by atoms with E-state index in [1.165, 1.54) is 18.3 Å². The van der Waals surface area contributed by atoms with Gasteiger partial charge in [-0.3, -0.25) is 4.98 Å². The van der Waals surface area contributed by atoms with Gasteiger partial charge in [-0.2, -0.15) is 4.98 Å². The molecule has 0 aliphatic heterocycles. The van der Waals surface area contributed by atoms with Crippen molar-refractivity contribution in [1.29, 1.82) is 0 Å². The molecule has 0 fully saturated rings. The number of pyridine rings is 1. The number of anilines is 1. The van der Waals surface area contributed by atoms with Crippen LogP contribution in [0.4, 0.5) is 5.95 Å². The molecule has 4 rings (SSSR count). The molecule has 0 spiro atoms. The minimum Gasteiger partial charge on any atom is -0.439 e. The summed E-state index contributed by atoms with van der Waals surface area (Å²) in [7, 11) is -3.89. The molecule has 0 aliphatic carbocycles. The summed E-state index contributed by atoms with van der Waals surface area (Å²) in [6, 6.07) is 21.9. The van der Waals surface area contributed by atoms with Crippen molar-refractivity contribution in [1.82, 2.24) is 15.0 Å². The molecule has 2 N–H and O–H groups in total. The van der Waals surface area contributed by atoms with Crippen LogP contribution in [0.1, 0.15) is 5.69 Å². The maximum atomic E-state index is 12.7. The van der Waals surface area contributed by atoms with E-state index in [-0.39, 0.29) is 23.3 Å². The lowest BCUT2D eigenvalue weighted by molar-refractivity contribution is 0.277. The highest BCUT2D eigenvalue weighted by molar-refractivity contribution is 7.92. The molecule has 0 atom stereocenters. The fraction of sp³-hybridized carbons (Fsp3) is 0.0455. The van der Waals surface area contributed by atoms with Gasteiger partial charge in [-0.15, -0.1) is 0 Å². The maximum absolute atomic E-state index is 12.7. The summed E-state index contributed by atoms with van der Waals surface area (Å²) in [4.78, 5) is 12.8. The second-order valence-corrected chi connectivity index (χ2v) is 8.13. The summed E-state index contributed by atoms with van der Waals surface area (Å²) < 4.78 is 33.7. The highest BCUT2D eigenvalue weighted by Crippen LogP contribution is 2.27. The Morgan fingerprint density at radius 2 is 1.61 bits per heavy atom. The lowest BCUT2D eigenvalue weighted by Crippen LogP contribution is -2.15. The van der Waals surface area contributed by atoms with Crippen molar-refractivity contribution in [3.8, 4) is 22.9 Å². The van der Waals surface area contributed by atoms with Crippen LogP contribution in [0.3, 0.4) is 0 Å². The molecule has 2 heterocycles. The van der Waals surface area contributed by atoms with Gasteiger partial charge in [0.25, 0.3) is 10.0 Å². The molecular weight excluding hydrogens is 416 g/mol. The number of para-hydroxylation sites is 1. The fourth-order valence-electron chi connectivity index (χ4n) is 2.73. The Balaban J connectivity index is 1.73. The van der Waals surface area contributed by atoms with Gasteiger partial charge in [0, 0.05) is 17.8 Å². The Bertz CT molecular complexity index is 1270. The van der Waals surface area contributed by atoms with E-state index in [1.54, 1.807) is 48.5 Å². The van der Waals surface area contributed by atoms with E-state index in [2.05, 4.69) is 19.7 Å². The van der Waals surface area contributed by atoms with Gasteiger partial charge < -0.3 is 9.84 Å². The van der Waals surface area contributed by atoms with Gasteiger partial charge >= 0.3 is 0 Å². The van der Waals surface area contributed by atoms with Crippen LogP contribution >= 0.6 is 0 Å². The molecule has 0 saturated heterocycles. The molecule has 0 bridgehead atoms. The molecule has 4 aromatic rings. The maximum Gasteiger partial charge on any atom is 0.264 e. The van der Waals surface area contributed by atoms with Crippen molar-refractivity contribution in [3.05, 3.63) is 90.8 Å². The smallest absolute Gasteiger partial charge is 0.264 e. The molecule has 0 aliphatic rings. The minimum atomic E-state index is -3.89. The summed E-state index contributed by atoms with van der Waals surface area (Å²) in [6.07, 6.45) is 1.54. The van der Waals surface area contributed by atoms with Crippen LogP contribution in [0.5, 0.6) is 11.6 Å². The first-order valence-corrected chi connectivity index (χ1v) is 10.8. The second kappa shape index (κ2) is 8.90. The third kappa shape index (κ3) is 5.03. The summed E-state index contributed by atoms with van der Waals surface area (Å²) in [6.45, 7) is -0.186. The van der Waals surface area contributed by atoms with Crippen LogP contribution in [-0.4, -0.2) is 28.5 Å². The third-order valence-electron chi connectivity index (χ3n) is 4.23. The van der Waals surface area contributed by atoms with Crippen LogP contribution in [-0.2, 0) is 16.6 Å². The molecule has 31 heavy (non-hydrogen) atoms. The Labute approximate surface area is 179 Å². The number of benzene rings is 2. The van der Waals surface area contributed by atoms with Gasteiger partial charge in [0.15, 0.2) is 0 Å². The molecule has 2 aromatic heterocycles. The zero-order valence-corrected chi connectivity index (χ0v) is 17.0. The highest BCUT2D eigenvalue weighted by atomic mass is 32.2. The monoisotopic (exact) mass is 434 g/mol. The SMILES string of the molecule is O=S(=O)(Nc1nc(Oc2ccccc2)cc(-c2ccc(CO)nc2)n1)c1ccccc1. The number of nitrogens with zero attached hydrogens (tertiary/aromatic N) is 3. The molecular formula is C22H18N4O4S. The Kier molecular flexibility index (Phi) is 5.87. The molecule has 2 aromatic carbocycles. The van der Waals surface area contributed by atoms with Crippen LogP contribution in [0.25, 0.3) is 11.3 Å². The third-order valence-corrected chi connectivity index (χ3v) is 5.57. The standard InChI is InChI=1S/C22H18N4O4S/c27-15-17-12-11-16(14-23-17)20-13-21(30-18-7-3-1-4-8-18)25-22(24-20)26-31(28,29)19-9-5-2-6-10-19/h1-14,27H,15H2,(H,24,25,26). The van der Waals surface area contributed by atoms with E-state index < -0.39 is 10.0 Å². The number of aliphatic hydroxyl groups is 1.